The van der Waals surface area contributed by atoms with Gasteiger partial charge in [-0.05, 0) is 29.8 Å². The van der Waals surface area contributed by atoms with E-state index in [0.717, 1.165) is 22.6 Å². The number of hydrogen-bond donors (Lipinski definition) is 0. The lowest BCUT2D eigenvalue weighted by Gasteiger charge is -2.24. The molecule has 1 aliphatic rings. The average Bonchev–Trinajstić information content (AvgIpc) is 3.40. The quantitative estimate of drug-likeness (QED) is 0.504. The first-order chi connectivity index (χ1) is 14.2. The van der Waals surface area contributed by atoms with Crippen LogP contribution >= 0.6 is 11.6 Å². The van der Waals surface area contributed by atoms with Crippen molar-refractivity contribution in [1.82, 2.24) is 25.1 Å². The van der Waals surface area contributed by atoms with Gasteiger partial charge in [0.05, 0.1) is 26.0 Å². The van der Waals surface area contributed by atoms with E-state index in [2.05, 4.69) is 20.5 Å². The Hall–Kier alpha value is -3.23. The lowest BCUT2D eigenvalue weighted by Crippen LogP contribution is -2.22. The first-order valence-electron chi connectivity index (χ1n) is 8.99. The standard InChI is InChI=1S/C20H16ClN5O3/c1-27-15-7-5-12(6-8-15)17-10-26-16(11-28-17)18(23-25-26)20-22-19(24-29-20)13-3-2-4-14(21)9-13/h2-9,17H,10-11H2,1H3. The number of halogens is 1. The maximum absolute atomic E-state index is 6.04. The molecule has 0 spiro atoms. The summed E-state index contributed by atoms with van der Waals surface area (Å²) >= 11 is 6.04. The SMILES string of the molecule is COc1ccc(C2Cn3nnc(-c4nc(-c5cccc(Cl)c5)no4)c3CO2)cc1. The number of aromatic nitrogens is 5. The third-order valence-corrected chi connectivity index (χ3v) is 5.03. The zero-order valence-electron chi connectivity index (χ0n) is 15.4. The lowest BCUT2D eigenvalue weighted by molar-refractivity contribution is -0.00119. The van der Waals surface area contributed by atoms with Crippen molar-refractivity contribution < 1.29 is 14.0 Å². The fourth-order valence-electron chi connectivity index (χ4n) is 3.26. The Morgan fingerprint density at radius 2 is 2.03 bits per heavy atom. The van der Waals surface area contributed by atoms with Crippen molar-refractivity contribution in [2.45, 2.75) is 19.3 Å². The van der Waals surface area contributed by atoms with E-state index in [1.807, 2.05) is 41.1 Å². The molecule has 2 aromatic heterocycles. The minimum atomic E-state index is -0.118. The van der Waals surface area contributed by atoms with Gasteiger partial charge in [-0.15, -0.1) is 5.10 Å². The number of fused-ring (bicyclic) bond motifs is 1. The van der Waals surface area contributed by atoms with Crippen molar-refractivity contribution in [2.75, 3.05) is 7.11 Å². The highest BCUT2D eigenvalue weighted by Gasteiger charge is 2.28. The maximum atomic E-state index is 6.04. The fraction of sp³-hybridized carbons (Fsp3) is 0.200. The number of nitrogens with zero attached hydrogens (tertiary/aromatic N) is 5. The summed E-state index contributed by atoms with van der Waals surface area (Å²) in [4.78, 5) is 4.45. The Balaban J connectivity index is 1.39. The van der Waals surface area contributed by atoms with E-state index in [9.17, 15) is 0 Å². The molecule has 1 aliphatic heterocycles. The van der Waals surface area contributed by atoms with Crippen LogP contribution < -0.4 is 4.74 Å². The minimum absolute atomic E-state index is 0.118. The van der Waals surface area contributed by atoms with Crippen molar-refractivity contribution in [2.24, 2.45) is 0 Å². The molecule has 2 aromatic carbocycles. The van der Waals surface area contributed by atoms with Crippen LogP contribution in [0.3, 0.4) is 0 Å². The van der Waals surface area contributed by atoms with Crippen LogP contribution in [0.5, 0.6) is 5.75 Å². The molecular weight excluding hydrogens is 394 g/mol. The van der Waals surface area contributed by atoms with E-state index in [1.165, 1.54) is 0 Å². The van der Waals surface area contributed by atoms with Crippen molar-refractivity contribution in [3.8, 4) is 28.7 Å². The third kappa shape index (κ3) is 3.37. The normalized spacial score (nSPS) is 15.9. The molecule has 0 saturated carbocycles. The van der Waals surface area contributed by atoms with E-state index < -0.39 is 0 Å². The Kier molecular flexibility index (Phi) is 4.49. The van der Waals surface area contributed by atoms with Gasteiger partial charge in [-0.25, -0.2) is 4.68 Å². The molecule has 1 atom stereocenters. The highest BCUT2D eigenvalue weighted by Crippen LogP contribution is 2.31. The Bertz CT molecular complexity index is 1160. The van der Waals surface area contributed by atoms with Crippen LogP contribution in [-0.2, 0) is 17.9 Å². The predicted molar refractivity (Wildman–Crippen MR) is 104 cm³/mol. The number of ether oxygens (including phenoxy) is 2. The van der Waals surface area contributed by atoms with Gasteiger partial charge in [0.25, 0.3) is 5.89 Å². The molecule has 29 heavy (non-hydrogen) atoms. The van der Waals surface area contributed by atoms with Gasteiger partial charge in [-0.3, -0.25) is 0 Å². The Morgan fingerprint density at radius 3 is 2.83 bits per heavy atom. The van der Waals surface area contributed by atoms with Gasteiger partial charge in [0, 0.05) is 10.6 Å². The number of methoxy groups -OCH3 is 1. The second-order valence-corrected chi connectivity index (χ2v) is 7.01. The molecule has 8 nitrogen and oxygen atoms in total. The number of benzene rings is 2. The summed E-state index contributed by atoms with van der Waals surface area (Å²) in [6.07, 6.45) is -0.118. The number of rotatable bonds is 4. The van der Waals surface area contributed by atoms with Gasteiger partial charge >= 0.3 is 0 Å². The van der Waals surface area contributed by atoms with Gasteiger partial charge in [-0.2, -0.15) is 4.98 Å². The van der Waals surface area contributed by atoms with Gasteiger partial charge in [-0.1, -0.05) is 46.2 Å². The Morgan fingerprint density at radius 1 is 1.17 bits per heavy atom. The van der Waals surface area contributed by atoms with Crippen LogP contribution in [0.25, 0.3) is 23.0 Å². The first kappa shape index (κ1) is 17.8. The van der Waals surface area contributed by atoms with E-state index in [-0.39, 0.29) is 6.10 Å². The summed E-state index contributed by atoms with van der Waals surface area (Å²) in [5.74, 6) is 1.55. The summed E-state index contributed by atoms with van der Waals surface area (Å²) in [6.45, 7) is 0.887. The monoisotopic (exact) mass is 409 g/mol. The fourth-order valence-corrected chi connectivity index (χ4v) is 3.45. The second kappa shape index (κ2) is 7.31. The molecular formula is C20H16ClN5O3. The minimum Gasteiger partial charge on any atom is -0.497 e. The van der Waals surface area contributed by atoms with Crippen molar-refractivity contribution in [1.29, 1.82) is 0 Å². The molecule has 4 aromatic rings. The molecule has 9 heteroatoms. The Labute approximate surface area is 171 Å². The molecule has 0 radical (unpaired) electrons. The largest absolute Gasteiger partial charge is 0.497 e. The highest BCUT2D eigenvalue weighted by atomic mass is 35.5. The average molecular weight is 410 g/mol. The molecule has 146 valence electrons. The summed E-state index contributed by atoms with van der Waals surface area (Å²) in [6, 6.07) is 15.1. The predicted octanol–water partition coefficient (Wildman–Crippen LogP) is 3.93. The molecule has 0 bridgehead atoms. The topological polar surface area (TPSA) is 88.1 Å². The zero-order chi connectivity index (χ0) is 19.8. The van der Waals surface area contributed by atoms with Gasteiger partial charge in [0.2, 0.25) is 5.82 Å². The van der Waals surface area contributed by atoms with Crippen LogP contribution in [0.15, 0.2) is 53.1 Å². The molecule has 0 N–H and O–H groups in total. The maximum Gasteiger partial charge on any atom is 0.280 e. The third-order valence-electron chi connectivity index (χ3n) is 4.80. The second-order valence-electron chi connectivity index (χ2n) is 6.57. The van der Waals surface area contributed by atoms with Crippen LogP contribution in [0, 0.1) is 0 Å². The summed E-state index contributed by atoms with van der Waals surface area (Å²) < 4.78 is 18.5. The van der Waals surface area contributed by atoms with Gasteiger partial charge in [0.15, 0.2) is 5.69 Å². The molecule has 0 fully saturated rings. The summed E-state index contributed by atoms with van der Waals surface area (Å²) in [5.41, 5.74) is 3.15. The smallest absolute Gasteiger partial charge is 0.280 e. The van der Waals surface area contributed by atoms with E-state index >= 15 is 0 Å². The van der Waals surface area contributed by atoms with Gasteiger partial charge < -0.3 is 14.0 Å². The lowest BCUT2D eigenvalue weighted by atomic mass is 10.1. The van der Waals surface area contributed by atoms with Crippen molar-refractivity contribution in [3.63, 3.8) is 0 Å². The molecule has 1 unspecified atom stereocenters. The molecule has 0 aliphatic carbocycles. The van der Waals surface area contributed by atoms with Gasteiger partial charge in [0.1, 0.15) is 11.9 Å². The zero-order valence-corrected chi connectivity index (χ0v) is 16.2. The molecule has 3 heterocycles. The van der Waals surface area contributed by atoms with Crippen LogP contribution in [0.2, 0.25) is 5.02 Å². The van der Waals surface area contributed by atoms with Crippen molar-refractivity contribution in [3.05, 3.63) is 64.8 Å². The number of hydrogen-bond acceptors (Lipinski definition) is 7. The molecule has 5 rings (SSSR count). The van der Waals surface area contributed by atoms with Crippen LogP contribution in [0.1, 0.15) is 17.4 Å². The molecule has 0 saturated heterocycles. The first-order valence-corrected chi connectivity index (χ1v) is 9.37. The van der Waals surface area contributed by atoms with Crippen LogP contribution in [0.4, 0.5) is 0 Å². The van der Waals surface area contributed by atoms with Crippen LogP contribution in [-0.4, -0.2) is 32.2 Å². The highest BCUT2D eigenvalue weighted by molar-refractivity contribution is 6.30. The molecule has 0 amide bonds. The van der Waals surface area contributed by atoms with E-state index in [0.29, 0.717) is 35.6 Å². The summed E-state index contributed by atoms with van der Waals surface area (Å²) in [5, 5.41) is 13.1. The summed E-state index contributed by atoms with van der Waals surface area (Å²) in [7, 11) is 1.64. The van der Waals surface area contributed by atoms with E-state index in [1.54, 1.807) is 19.2 Å². The van der Waals surface area contributed by atoms with Crippen molar-refractivity contribution >= 4 is 11.6 Å². The van der Waals surface area contributed by atoms with E-state index in [4.69, 9.17) is 25.6 Å².